The fraction of sp³-hybridized carbons (Fsp3) is 0.231. The molecule has 1 heterocycles. The van der Waals surface area contributed by atoms with E-state index in [9.17, 15) is 4.39 Å². The van der Waals surface area contributed by atoms with E-state index < -0.39 is 0 Å². The molecule has 1 aromatic heterocycles. The van der Waals surface area contributed by atoms with Gasteiger partial charge in [0.05, 0.1) is 0 Å². The van der Waals surface area contributed by atoms with Crippen LogP contribution >= 0.6 is 0 Å². The van der Waals surface area contributed by atoms with Crippen molar-refractivity contribution < 1.29 is 9.13 Å². The first-order valence-electron chi connectivity index (χ1n) is 5.30. The third kappa shape index (κ3) is 2.41. The predicted octanol–water partition coefficient (Wildman–Crippen LogP) is 3.33. The minimum absolute atomic E-state index is 0.178. The number of rotatable bonds is 2. The van der Waals surface area contributed by atoms with Crippen molar-refractivity contribution in [3.05, 3.63) is 47.2 Å². The number of aryl methyl sites for hydroxylation is 2. The first-order chi connectivity index (χ1) is 8.08. The van der Waals surface area contributed by atoms with Crippen molar-refractivity contribution in [3.8, 4) is 11.6 Å². The summed E-state index contributed by atoms with van der Waals surface area (Å²) in [6.07, 6.45) is 1.41. The van der Waals surface area contributed by atoms with Gasteiger partial charge in [-0.2, -0.15) is 0 Å². The Kier molecular flexibility index (Phi) is 3.04. The molecule has 2 rings (SSSR count). The van der Waals surface area contributed by atoms with Crippen LogP contribution in [0.5, 0.6) is 11.6 Å². The zero-order valence-electron chi connectivity index (χ0n) is 9.99. The minimum Gasteiger partial charge on any atom is -0.436 e. The maximum Gasteiger partial charge on any atom is 0.225 e. The van der Waals surface area contributed by atoms with E-state index in [4.69, 9.17) is 4.74 Å². The molecule has 0 aliphatic heterocycles. The standard InChI is InChI=1S/C13H13FN2O/c1-8-4-5-12(11(14)6-8)17-13-9(2)10(3)15-7-16-13/h4-7H,1-3H3. The lowest BCUT2D eigenvalue weighted by atomic mass is 10.2. The third-order valence-electron chi connectivity index (χ3n) is 2.58. The van der Waals surface area contributed by atoms with Gasteiger partial charge in [-0.15, -0.1) is 0 Å². The molecule has 0 N–H and O–H groups in total. The summed E-state index contributed by atoms with van der Waals surface area (Å²) in [4.78, 5) is 8.03. The van der Waals surface area contributed by atoms with Gasteiger partial charge in [0, 0.05) is 11.3 Å². The van der Waals surface area contributed by atoms with Gasteiger partial charge in [-0.1, -0.05) is 6.07 Å². The molecule has 0 fully saturated rings. The maximum absolute atomic E-state index is 13.6. The molecular weight excluding hydrogens is 219 g/mol. The van der Waals surface area contributed by atoms with Gasteiger partial charge in [-0.05, 0) is 38.5 Å². The lowest BCUT2D eigenvalue weighted by molar-refractivity contribution is 0.422. The number of aromatic nitrogens is 2. The van der Waals surface area contributed by atoms with E-state index in [1.165, 1.54) is 12.4 Å². The van der Waals surface area contributed by atoms with Gasteiger partial charge in [-0.25, -0.2) is 14.4 Å². The molecule has 0 amide bonds. The smallest absolute Gasteiger partial charge is 0.225 e. The Hall–Kier alpha value is -1.97. The average molecular weight is 232 g/mol. The molecule has 0 unspecified atom stereocenters. The van der Waals surface area contributed by atoms with Crippen molar-refractivity contribution in [2.45, 2.75) is 20.8 Å². The highest BCUT2D eigenvalue weighted by molar-refractivity contribution is 5.35. The summed E-state index contributed by atoms with van der Waals surface area (Å²) in [5.74, 6) is 0.178. The molecule has 0 radical (unpaired) electrons. The van der Waals surface area contributed by atoms with Crippen molar-refractivity contribution in [2.24, 2.45) is 0 Å². The fourth-order valence-corrected chi connectivity index (χ4v) is 1.41. The number of hydrogen-bond acceptors (Lipinski definition) is 3. The van der Waals surface area contributed by atoms with Gasteiger partial charge in [0.1, 0.15) is 6.33 Å². The van der Waals surface area contributed by atoms with Crippen LogP contribution in [-0.2, 0) is 0 Å². The number of benzene rings is 1. The zero-order chi connectivity index (χ0) is 12.4. The first kappa shape index (κ1) is 11.5. The topological polar surface area (TPSA) is 35.0 Å². The second-order valence-corrected chi connectivity index (χ2v) is 3.93. The molecule has 0 aliphatic rings. The van der Waals surface area contributed by atoms with Crippen LogP contribution in [0.2, 0.25) is 0 Å². The Labute approximate surface area is 99.3 Å². The van der Waals surface area contributed by atoms with Crippen molar-refractivity contribution in [1.29, 1.82) is 0 Å². The highest BCUT2D eigenvalue weighted by Crippen LogP contribution is 2.26. The van der Waals surface area contributed by atoms with E-state index in [0.717, 1.165) is 16.8 Å². The summed E-state index contributed by atoms with van der Waals surface area (Å²) >= 11 is 0. The van der Waals surface area contributed by atoms with Crippen molar-refractivity contribution in [1.82, 2.24) is 9.97 Å². The van der Waals surface area contributed by atoms with Crippen LogP contribution in [-0.4, -0.2) is 9.97 Å². The number of hydrogen-bond donors (Lipinski definition) is 0. The number of halogens is 1. The molecular formula is C13H13FN2O. The summed E-state index contributed by atoms with van der Waals surface area (Å²) in [7, 11) is 0. The van der Waals surface area contributed by atoms with Crippen LogP contribution in [0.3, 0.4) is 0 Å². The van der Waals surface area contributed by atoms with Gasteiger partial charge in [0.15, 0.2) is 11.6 Å². The highest BCUT2D eigenvalue weighted by atomic mass is 19.1. The van der Waals surface area contributed by atoms with Crippen molar-refractivity contribution in [2.75, 3.05) is 0 Å². The molecule has 3 nitrogen and oxygen atoms in total. The average Bonchev–Trinajstić information content (AvgIpc) is 2.28. The van der Waals surface area contributed by atoms with E-state index in [1.807, 2.05) is 20.8 Å². The first-order valence-corrected chi connectivity index (χ1v) is 5.30. The maximum atomic E-state index is 13.6. The largest absolute Gasteiger partial charge is 0.436 e. The van der Waals surface area contributed by atoms with Crippen LogP contribution in [0, 0.1) is 26.6 Å². The summed E-state index contributed by atoms with van der Waals surface area (Å²) in [5.41, 5.74) is 2.49. The molecule has 0 saturated heterocycles. The summed E-state index contributed by atoms with van der Waals surface area (Å²) in [6.45, 7) is 5.53. The second kappa shape index (κ2) is 4.49. The Morgan fingerprint density at radius 2 is 1.88 bits per heavy atom. The van der Waals surface area contributed by atoms with Crippen LogP contribution in [0.1, 0.15) is 16.8 Å². The van der Waals surface area contributed by atoms with E-state index in [2.05, 4.69) is 9.97 Å². The van der Waals surface area contributed by atoms with Crippen LogP contribution in [0.25, 0.3) is 0 Å². The molecule has 0 spiro atoms. The van der Waals surface area contributed by atoms with Crippen LogP contribution in [0.15, 0.2) is 24.5 Å². The minimum atomic E-state index is -0.388. The van der Waals surface area contributed by atoms with Gasteiger partial charge in [0.25, 0.3) is 0 Å². The molecule has 0 aliphatic carbocycles. The fourth-order valence-electron chi connectivity index (χ4n) is 1.41. The van der Waals surface area contributed by atoms with Gasteiger partial charge >= 0.3 is 0 Å². The van der Waals surface area contributed by atoms with Crippen molar-refractivity contribution >= 4 is 0 Å². The normalized spacial score (nSPS) is 10.4. The quantitative estimate of drug-likeness (QED) is 0.796. The zero-order valence-corrected chi connectivity index (χ0v) is 9.99. The molecule has 1 aromatic carbocycles. The number of ether oxygens (including phenoxy) is 1. The second-order valence-electron chi connectivity index (χ2n) is 3.93. The summed E-state index contributed by atoms with van der Waals surface area (Å²) < 4.78 is 19.0. The van der Waals surface area contributed by atoms with Crippen LogP contribution in [0.4, 0.5) is 4.39 Å². The molecule has 0 bridgehead atoms. The Morgan fingerprint density at radius 3 is 2.59 bits per heavy atom. The third-order valence-corrected chi connectivity index (χ3v) is 2.58. The van der Waals surface area contributed by atoms with Crippen LogP contribution < -0.4 is 4.74 Å². The van der Waals surface area contributed by atoms with E-state index in [0.29, 0.717) is 5.88 Å². The van der Waals surface area contributed by atoms with Gasteiger partial charge < -0.3 is 4.74 Å². The monoisotopic (exact) mass is 232 g/mol. The molecule has 4 heteroatoms. The molecule has 0 saturated carbocycles. The van der Waals surface area contributed by atoms with Gasteiger partial charge in [0.2, 0.25) is 5.88 Å². The van der Waals surface area contributed by atoms with E-state index in [-0.39, 0.29) is 11.6 Å². The Balaban J connectivity index is 2.35. The van der Waals surface area contributed by atoms with Gasteiger partial charge in [-0.3, -0.25) is 0 Å². The Bertz CT molecular complexity index is 555. The highest BCUT2D eigenvalue weighted by Gasteiger charge is 2.09. The molecule has 0 atom stereocenters. The van der Waals surface area contributed by atoms with E-state index >= 15 is 0 Å². The molecule has 17 heavy (non-hydrogen) atoms. The number of nitrogens with zero attached hydrogens (tertiary/aromatic N) is 2. The SMILES string of the molecule is Cc1ccc(Oc2ncnc(C)c2C)c(F)c1. The Morgan fingerprint density at radius 1 is 1.12 bits per heavy atom. The lowest BCUT2D eigenvalue weighted by Crippen LogP contribution is -1.97. The molecule has 2 aromatic rings. The summed E-state index contributed by atoms with van der Waals surface area (Å²) in [5, 5.41) is 0. The lowest BCUT2D eigenvalue weighted by Gasteiger charge is -2.09. The predicted molar refractivity (Wildman–Crippen MR) is 62.7 cm³/mol. The summed E-state index contributed by atoms with van der Waals surface area (Å²) in [6, 6.07) is 4.82. The van der Waals surface area contributed by atoms with E-state index in [1.54, 1.807) is 12.1 Å². The van der Waals surface area contributed by atoms with Crippen molar-refractivity contribution in [3.63, 3.8) is 0 Å². The molecule has 88 valence electrons.